The van der Waals surface area contributed by atoms with Crippen LogP contribution in [0.2, 0.25) is 0 Å². The van der Waals surface area contributed by atoms with E-state index in [9.17, 15) is 4.79 Å². The summed E-state index contributed by atoms with van der Waals surface area (Å²) in [6, 6.07) is 0.264. The molecule has 1 aromatic heterocycles. The van der Waals surface area contributed by atoms with Crippen LogP contribution in [0.5, 0.6) is 0 Å². The molecule has 4 heteroatoms. The number of esters is 1. The Bertz CT molecular complexity index is 786. The van der Waals surface area contributed by atoms with Gasteiger partial charge in [-0.1, -0.05) is 71.3 Å². The Kier molecular flexibility index (Phi) is 5.72. The third-order valence-corrected chi connectivity index (χ3v) is 7.88. The van der Waals surface area contributed by atoms with Gasteiger partial charge in [-0.3, -0.25) is 4.79 Å². The maximum Gasteiger partial charge on any atom is 0.309 e. The van der Waals surface area contributed by atoms with Gasteiger partial charge in [0.2, 0.25) is 0 Å². The van der Waals surface area contributed by atoms with Crippen molar-refractivity contribution in [3.63, 3.8) is 0 Å². The van der Waals surface area contributed by atoms with Crippen LogP contribution >= 0.6 is 0 Å². The van der Waals surface area contributed by atoms with Crippen LogP contribution in [0.25, 0.3) is 0 Å². The number of aromatic nitrogens is 2. The molecule has 2 aliphatic carbocycles. The summed E-state index contributed by atoms with van der Waals surface area (Å²) in [6.45, 7) is 8.55. The van der Waals surface area contributed by atoms with E-state index in [1.807, 2.05) is 19.4 Å². The second-order valence-corrected chi connectivity index (χ2v) is 9.97. The fourth-order valence-electron chi connectivity index (χ4n) is 5.56. The number of imidazole rings is 1. The average Bonchev–Trinajstić information content (AvgIpc) is 3.27. The van der Waals surface area contributed by atoms with E-state index < -0.39 is 0 Å². The highest BCUT2D eigenvalue weighted by Gasteiger charge is 2.50. The molecule has 4 unspecified atom stereocenters. The van der Waals surface area contributed by atoms with Gasteiger partial charge >= 0.3 is 5.97 Å². The van der Waals surface area contributed by atoms with Crippen molar-refractivity contribution in [3.05, 3.63) is 42.5 Å². The van der Waals surface area contributed by atoms with Gasteiger partial charge in [-0.05, 0) is 24.7 Å². The minimum atomic E-state index is -0.0608. The molecule has 3 aliphatic rings. The molecule has 158 valence electrons. The van der Waals surface area contributed by atoms with Crippen molar-refractivity contribution in [2.45, 2.75) is 84.3 Å². The van der Waals surface area contributed by atoms with Crippen molar-refractivity contribution in [1.29, 1.82) is 0 Å². The maximum absolute atomic E-state index is 12.9. The summed E-state index contributed by atoms with van der Waals surface area (Å²) in [7, 11) is 0. The van der Waals surface area contributed by atoms with Crippen molar-refractivity contribution in [3.8, 4) is 0 Å². The zero-order chi connectivity index (χ0) is 20.6. The molecule has 2 heterocycles. The molecule has 1 saturated carbocycles. The Morgan fingerprint density at radius 2 is 2.00 bits per heavy atom. The lowest BCUT2D eigenvalue weighted by Gasteiger charge is -2.39. The molecule has 29 heavy (non-hydrogen) atoms. The lowest BCUT2D eigenvalue weighted by atomic mass is 9.69. The van der Waals surface area contributed by atoms with Gasteiger partial charge in [-0.15, -0.1) is 0 Å². The van der Waals surface area contributed by atoms with Crippen LogP contribution in [0.4, 0.5) is 0 Å². The number of rotatable bonds is 6. The summed E-state index contributed by atoms with van der Waals surface area (Å²) in [4.78, 5) is 17.3. The fraction of sp³-hybridized carbons (Fsp3) is 0.680. The first-order valence-corrected chi connectivity index (χ1v) is 11.5. The highest BCUT2D eigenvalue weighted by molar-refractivity contribution is 5.72. The monoisotopic (exact) mass is 396 g/mol. The molecule has 0 N–H and O–H groups in total. The Balaban J connectivity index is 1.60. The van der Waals surface area contributed by atoms with Crippen LogP contribution in [0.15, 0.2) is 36.8 Å². The Labute approximate surface area is 175 Å². The van der Waals surface area contributed by atoms with Gasteiger partial charge in [0.05, 0.1) is 12.2 Å². The lowest BCUT2D eigenvalue weighted by Crippen LogP contribution is -2.37. The Hall–Kier alpha value is -1.84. The molecule has 0 saturated heterocycles. The van der Waals surface area contributed by atoms with Gasteiger partial charge in [0.15, 0.2) is 0 Å². The molecular weight excluding hydrogens is 360 g/mol. The Morgan fingerprint density at radius 1 is 1.24 bits per heavy atom. The minimum Gasteiger partial charge on any atom is -0.462 e. The van der Waals surface area contributed by atoms with E-state index in [4.69, 9.17) is 4.74 Å². The van der Waals surface area contributed by atoms with E-state index >= 15 is 0 Å². The quantitative estimate of drug-likeness (QED) is 0.568. The van der Waals surface area contributed by atoms with E-state index in [1.54, 1.807) is 0 Å². The molecular formula is C25H36N2O2. The zero-order valence-corrected chi connectivity index (χ0v) is 18.4. The van der Waals surface area contributed by atoms with Crippen LogP contribution in [-0.2, 0) is 9.53 Å². The molecule has 4 rings (SSSR count). The maximum atomic E-state index is 12.9. The van der Waals surface area contributed by atoms with Crippen molar-refractivity contribution < 1.29 is 9.53 Å². The lowest BCUT2D eigenvalue weighted by molar-refractivity contribution is -0.160. The van der Waals surface area contributed by atoms with E-state index in [0.717, 1.165) is 6.42 Å². The summed E-state index contributed by atoms with van der Waals surface area (Å²) in [5.74, 6) is 1.03. The number of hydrogen-bond donors (Lipinski definition) is 0. The summed E-state index contributed by atoms with van der Waals surface area (Å²) in [5.41, 5.74) is 1.29. The predicted octanol–water partition coefficient (Wildman–Crippen LogP) is 5.83. The van der Waals surface area contributed by atoms with Crippen molar-refractivity contribution >= 4 is 5.97 Å². The number of carbonyl (C=O) groups excluding carboxylic acids is 1. The Morgan fingerprint density at radius 3 is 2.72 bits per heavy atom. The van der Waals surface area contributed by atoms with Crippen LogP contribution in [0, 0.1) is 23.2 Å². The highest BCUT2D eigenvalue weighted by Crippen LogP contribution is 2.56. The molecule has 1 aliphatic heterocycles. The first-order chi connectivity index (χ1) is 13.9. The smallest absolute Gasteiger partial charge is 0.309 e. The van der Waals surface area contributed by atoms with E-state index in [2.05, 4.69) is 54.6 Å². The third kappa shape index (κ3) is 3.71. The molecule has 0 bridgehead atoms. The molecule has 4 nitrogen and oxygen atoms in total. The number of ether oxygens (including phenoxy) is 1. The first kappa shape index (κ1) is 20.4. The normalized spacial score (nSPS) is 30.8. The first-order valence-electron chi connectivity index (χ1n) is 11.5. The topological polar surface area (TPSA) is 44.1 Å². The molecule has 0 amide bonds. The SMILES string of the molecule is CC(C)[C@H](C)C(=O)OC(CC1n2cncc2C2C=CC=CC21C)C1CCCCC1. The zero-order valence-electron chi connectivity index (χ0n) is 18.4. The second kappa shape index (κ2) is 8.12. The standard InChI is InChI=1S/C25H36N2O2/c1-17(2)18(3)24(28)29-22(19-10-6-5-7-11-19)14-23-25(4)13-9-8-12-20(25)21-15-26-16-27(21)23/h8-9,12-13,15-20,22-23H,5-7,10-11,14H2,1-4H3/t18-,20?,22?,23?,25?/m0/s1. The molecule has 5 atom stereocenters. The number of hydrogen-bond acceptors (Lipinski definition) is 3. The van der Waals surface area contributed by atoms with E-state index in [-0.39, 0.29) is 29.4 Å². The van der Waals surface area contributed by atoms with Crippen LogP contribution < -0.4 is 0 Å². The molecule has 0 aromatic carbocycles. The van der Waals surface area contributed by atoms with Gasteiger partial charge in [-0.2, -0.15) is 0 Å². The van der Waals surface area contributed by atoms with Gasteiger partial charge in [-0.25, -0.2) is 4.98 Å². The highest BCUT2D eigenvalue weighted by atomic mass is 16.5. The number of nitrogens with zero attached hydrogens (tertiary/aromatic N) is 2. The minimum absolute atomic E-state index is 0.00993. The molecule has 1 aromatic rings. The molecule has 0 spiro atoms. The predicted molar refractivity (Wildman–Crippen MR) is 115 cm³/mol. The molecule has 1 fully saturated rings. The van der Waals surface area contributed by atoms with Crippen LogP contribution in [0.3, 0.4) is 0 Å². The van der Waals surface area contributed by atoms with E-state index in [1.165, 1.54) is 37.8 Å². The third-order valence-electron chi connectivity index (χ3n) is 7.88. The second-order valence-electron chi connectivity index (χ2n) is 9.97. The van der Waals surface area contributed by atoms with Crippen molar-refractivity contribution in [1.82, 2.24) is 9.55 Å². The largest absolute Gasteiger partial charge is 0.462 e. The van der Waals surface area contributed by atoms with Crippen molar-refractivity contribution in [2.75, 3.05) is 0 Å². The number of carbonyl (C=O) groups is 1. The summed E-state index contributed by atoms with van der Waals surface area (Å²) in [6.07, 6.45) is 20.0. The summed E-state index contributed by atoms with van der Waals surface area (Å²) < 4.78 is 8.62. The van der Waals surface area contributed by atoms with Crippen LogP contribution in [0.1, 0.15) is 83.9 Å². The van der Waals surface area contributed by atoms with Gasteiger partial charge < -0.3 is 9.30 Å². The summed E-state index contributed by atoms with van der Waals surface area (Å²) in [5, 5.41) is 0. The number of allylic oxidation sites excluding steroid dienone is 4. The molecule has 0 radical (unpaired) electrons. The average molecular weight is 397 g/mol. The van der Waals surface area contributed by atoms with Gasteiger partial charge in [0.25, 0.3) is 0 Å². The van der Waals surface area contributed by atoms with E-state index in [0.29, 0.717) is 17.8 Å². The fourth-order valence-corrected chi connectivity index (χ4v) is 5.56. The van der Waals surface area contributed by atoms with Crippen molar-refractivity contribution in [2.24, 2.45) is 23.2 Å². The summed E-state index contributed by atoms with van der Waals surface area (Å²) >= 11 is 0. The van der Waals surface area contributed by atoms with Gasteiger partial charge in [0.1, 0.15) is 6.10 Å². The number of fused-ring (bicyclic) bond motifs is 3. The van der Waals surface area contributed by atoms with Gasteiger partial charge in [0, 0.05) is 35.7 Å². The van der Waals surface area contributed by atoms with Crippen LogP contribution in [-0.4, -0.2) is 21.6 Å².